The molecule has 0 spiro atoms. The van der Waals surface area contributed by atoms with Crippen molar-refractivity contribution in [3.05, 3.63) is 0 Å². The second kappa shape index (κ2) is 4.98. The smallest absolute Gasteiger partial charge is 0.312 e. The van der Waals surface area contributed by atoms with Crippen LogP contribution in [0.15, 0.2) is 0 Å². The zero-order valence-corrected chi connectivity index (χ0v) is 12.7. The van der Waals surface area contributed by atoms with Gasteiger partial charge < -0.3 is 4.74 Å². The lowest BCUT2D eigenvalue weighted by Crippen LogP contribution is -2.50. The summed E-state index contributed by atoms with van der Waals surface area (Å²) in [4.78, 5) is 12.4. The molecule has 0 saturated heterocycles. The molecular formula is C14H22O5S. The van der Waals surface area contributed by atoms with Crippen molar-refractivity contribution in [2.24, 2.45) is 23.2 Å². The average molecular weight is 302 g/mol. The Kier molecular flexibility index (Phi) is 3.57. The van der Waals surface area contributed by atoms with E-state index in [-0.39, 0.29) is 23.7 Å². The Labute approximate surface area is 120 Å². The Morgan fingerprint density at radius 2 is 1.60 bits per heavy atom. The van der Waals surface area contributed by atoms with E-state index in [1.807, 2.05) is 0 Å². The summed E-state index contributed by atoms with van der Waals surface area (Å²) in [5.41, 5.74) is -0.314. The second-order valence-corrected chi connectivity index (χ2v) is 8.62. The Morgan fingerprint density at radius 3 is 2.05 bits per heavy atom. The van der Waals surface area contributed by atoms with Crippen molar-refractivity contribution in [3.63, 3.8) is 0 Å². The monoisotopic (exact) mass is 302 g/mol. The maximum absolute atomic E-state index is 12.4. The SMILES string of the molecule is COS(=O)(=O)CCOC(=O)C12CC3CC(CC(C3)C1)C2. The van der Waals surface area contributed by atoms with Crippen LogP contribution in [0.5, 0.6) is 0 Å². The molecule has 4 saturated carbocycles. The van der Waals surface area contributed by atoms with Crippen LogP contribution in [0.2, 0.25) is 0 Å². The van der Waals surface area contributed by atoms with Crippen molar-refractivity contribution in [2.45, 2.75) is 38.5 Å². The first-order valence-corrected chi connectivity index (χ1v) is 8.96. The van der Waals surface area contributed by atoms with E-state index in [1.165, 1.54) is 19.3 Å². The van der Waals surface area contributed by atoms with Crippen LogP contribution in [0.25, 0.3) is 0 Å². The van der Waals surface area contributed by atoms with E-state index in [2.05, 4.69) is 4.18 Å². The minimum absolute atomic E-state index is 0.100. The minimum Gasteiger partial charge on any atom is -0.464 e. The summed E-state index contributed by atoms with van der Waals surface area (Å²) in [6, 6.07) is 0. The van der Waals surface area contributed by atoms with E-state index in [1.54, 1.807) is 0 Å². The molecule has 0 aromatic heterocycles. The summed E-state index contributed by atoms with van der Waals surface area (Å²) in [6.45, 7) is -0.100. The molecule has 0 N–H and O–H groups in total. The molecule has 0 heterocycles. The maximum Gasteiger partial charge on any atom is 0.312 e. The highest BCUT2D eigenvalue weighted by Gasteiger charge is 2.55. The van der Waals surface area contributed by atoms with Gasteiger partial charge in [-0.25, -0.2) is 0 Å². The number of hydrogen-bond donors (Lipinski definition) is 0. The highest BCUT2D eigenvalue weighted by molar-refractivity contribution is 7.86. The fourth-order valence-corrected chi connectivity index (χ4v) is 5.29. The first-order valence-electron chi connectivity index (χ1n) is 7.38. The lowest BCUT2D eigenvalue weighted by molar-refractivity contribution is -0.170. The van der Waals surface area contributed by atoms with Gasteiger partial charge in [0, 0.05) is 0 Å². The molecule has 0 unspecified atom stereocenters. The molecule has 4 rings (SSSR count). The van der Waals surface area contributed by atoms with Gasteiger partial charge in [0.15, 0.2) is 0 Å². The van der Waals surface area contributed by atoms with Crippen LogP contribution in [-0.2, 0) is 23.8 Å². The predicted molar refractivity (Wildman–Crippen MR) is 72.4 cm³/mol. The van der Waals surface area contributed by atoms with Crippen molar-refractivity contribution >= 4 is 16.1 Å². The third-order valence-corrected chi connectivity index (χ3v) is 6.47. The molecule has 4 aliphatic rings. The van der Waals surface area contributed by atoms with Crippen LogP contribution in [-0.4, -0.2) is 33.9 Å². The fraction of sp³-hybridized carbons (Fsp3) is 0.929. The fourth-order valence-electron chi connectivity index (χ4n) is 4.83. The van der Waals surface area contributed by atoms with Gasteiger partial charge in [0.25, 0.3) is 10.1 Å². The molecule has 0 aromatic rings. The summed E-state index contributed by atoms with van der Waals surface area (Å²) in [6.07, 6.45) is 6.62. The van der Waals surface area contributed by atoms with Crippen LogP contribution in [0.4, 0.5) is 0 Å². The summed E-state index contributed by atoms with van der Waals surface area (Å²) < 4.78 is 32.0. The van der Waals surface area contributed by atoms with E-state index >= 15 is 0 Å². The van der Waals surface area contributed by atoms with Gasteiger partial charge in [0.05, 0.1) is 12.5 Å². The van der Waals surface area contributed by atoms with Gasteiger partial charge in [-0.1, -0.05) is 0 Å². The largest absolute Gasteiger partial charge is 0.464 e. The van der Waals surface area contributed by atoms with E-state index in [4.69, 9.17) is 4.74 Å². The number of hydrogen-bond acceptors (Lipinski definition) is 5. The molecule has 4 bridgehead atoms. The molecular weight excluding hydrogens is 280 g/mol. The topological polar surface area (TPSA) is 69.7 Å². The molecule has 20 heavy (non-hydrogen) atoms. The van der Waals surface area contributed by atoms with E-state index in [9.17, 15) is 13.2 Å². The van der Waals surface area contributed by atoms with Crippen LogP contribution >= 0.6 is 0 Å². The highest BCUT2D eigenvalue weighted by Crippen LogP contribution is 2.60. The third kappa shape index (κ3) is 2.60. The Morgan fingerprint density at radius 1 is 1.10 bits per heavy atom. The number of carbonyl (C=O) groups excluding carboxylic acids is 1. The summed E-state index contributed by atoms with van der Waals surface area (Å²) >= 11 is 0. The molecule has 6 heteroatoms. The number of rotatable bonds is 5. The number of carbonyl (C=O) groups is 1. The molecule has 0 amide bonds. The van der Waals surface area contributed by atoms with Gasteiger partial charge in [-0.05, 0) is 56.3 Å². The Balaban J connectivity index is 1.60. The van der Waals surface area contributed by atoms with Crippen molar-refractivity contribution < 1.29 is 22.1 Å². The van der Waals surface area contributed by atoms with E-state index in [0.717, 1.165) is 26.4 Å². The molecule has 4 fully saturated rings. The first kappa shape index (κ1) is 14.3. The summed E-state index contributed by atoms with van der Waals surface area (Å²) in [5.74, 6) is 1.59. The van der Waals surface area contributed by atoms with Gasteiger partial charge in [0.1, 0.15) is 12.4 Å². The number of ether oxygens (including phenoxy) is 1. The van der Waals surface area contributed by atoms with Crippen LogP contribution < -0.4 is 0 Å². The molecule has 0 radical (unpaired) electrons. The summed E-state index contributed by atoms with van der Waals surface area (Å²) in [5, 5.41) is 0. The first-order chi connectivity index (χ1) is 9.42. The van der Waals surface area contributed by atoms with Gasteiger partial charge >= 0.3 is 5.97 Å². The lowest BCUT2D eigenvalue weighted by atomic mass is 9.49. The van der Waals surface area contributed by atoms with Crippen LogP contribution in [0.1, 0.15) is 38.5 Å². The molecule has 4 aliphatic carbocycles. The van der Waals surface area contributed by atoms with Gasteiger partial charge in [0.2, 0.25) is 0 Å². The Hall–Kier alpha value is -0.620. The third-order valence-electron chi connectivity index (χ3n) is 5.29. The quantitative estimate of drug-likeness (QED) is 0.571. The standard InChI is InChI=1S/C14H22O5S/c1-18-20(16,17)3-2-19-13(15)14-7-10-4-11(8-14)6-12(5-10)9-14/h10-12H,2-9H2,1H3. The molecule has 0 aliphatic heterocycles. The average Bonchev–Trinajstić information content (AvgIpc) is 2.37. The Bertz CT molecular complexity index is 460. The van der Waals surface area contributed by atoms with Gasteiger partial charge in [-0.15, -0.1) is 0 Å². The van der Waals surface area contributed by atoms with Crippen molar-refractivity contribution in [1.82, 2.24) is 0 Å². The zero-order chi connectivity index (χ0) is 14.4. The minimum atomic E-state index is -3.55. The second-order valence-electron chi connectivity index (χ2n) is 6.76. The molecule has 5 nitrogen and oxygen atoms in total. The molecule has 114 valence electrons. The van der Waals surface area contributed by atoms with Crippen molar-refractivity contribution in [3.8, 4) is 0 Å². The van der Waals surface area contributed by atoms with Gasteiger partial charge in [-0.3, -0.25) is 8.98 Å². The van der Waals surface area contributed by atoms with Crippen LogP contribution in [0.3, 0.4) is 0 Å². The highest BCUT2D eigenvalue weighted by atomic mass is 32.2. The molecule has 0 atom stereocenters. The van der Waals surface area contributed by atoms with E-state index < -0.39 is 10.1 Å². The molecule has 0 aromatic carbocycles. The van der Waals surface area contributed by atoms with Crippen LogP contribution in [0, 0.1) is 23.2 Å². The van der Waals surface area contributed by atoms with E-state index in [0.29, 0.717) is 17.8 Å². The van der Waals surface area contributed by atoms with Crippen molar-refractivity contribution in [1.29, 1.82) is 0 Å². The van der Waals surface area contributed by atoms with Gasteiger partial charge in [-0.2, -0.15) is 8.42 Å². The normalized spacial score (nSPS) is 39.0. The zero-order valence-electron chi connectivity index (χ0n) is 11.8. The summed E-state index contributed by atoms with van der Waals surface area (Å²) in [7, 11) is -2.43. The predicted octanol–water partition coefficient (Wildman–Crippen LogP) is 1.72. The number of esters is 1. The van der Waals surface area contributed by atoms with Crippen molar-refractivity contribution in [2.75, 3.05) is 19.5 Å². The maximum atomic E-state index is 12.4. The lowest BCUT2D eigenvalue weighted by Gasteiger charge is -2.55.